The van der Waals surface area contributed by atoms with Crippen LogP contribution >= 0.6 is 0 Å². The van der Waals surface area contributed by atoms with Crippen molar-refractivity contribution in [3.8, 4) is 0 Å². The predicted molar refractivity (Wildman–Crippen MR) is 110 cm³/mol. The maximum atomic E-state index is 12.3. The Morgan fingerprint density at radius 3 is 2.24 bits per heavy atom. The Morgan fingerprint density at radius 1 is 1.00 bits per heavy atom. The van der Waals surface area contributed by atoms with E-state index in [1.807, 2.05) is 73.6 Å². The average molecular weight is 398 g/mol. The molecule has 0 unspecified atom stereocenters. The molecule has 4 N–H and O–H groups in total. The van der Waals surface area contributed by atoms with Crippen LogP contribution in [0.5, 0.6) is 0 Å². The molecule has 8 heteroatoms. The molecule has 0 aliphatic carbocycles. The summed E-state index contributed by atoms with van der Waals surface area (Å²) in [6, 6.07) is 15.0. The van der Waals surface area contributed by atoms with Gasteiger partial charge in [-0.3, -0.25) is 4.79 Å². The maximum Gasteiger partial charge on any atom is 0.329 e. The van der Waals surface area contributed by atoms with E-state index in [1.54, 1.807) is 0 Å². The van der Waals surface area contributed by atoms with Crippen LogP contribution in [0.1, 0.15) is 11.1 Å². The number of nitrogens with one attached hydrogen (secondary N) is 2. The number of hydrogen-bond acceptors (Lipinski definition) is 5. The number of nitrogens with zero attached hydrogens (tertiary/aromatic N) is 1. The largest absolute Gasteiger partial charge is 0.454 e. The Hall–Kier alpha value is -3.55. The molecule has 0 saturated heterocycles. The lowest BCUT2D eigenvalue weighted by Crippen LogP contribution is -2.46. The van der Waals surface area contributed by atoms with E-state index in [0.29, 0.717) is 6.54 Å². The second-order valence-corrected chi connectivity index (χ2v) is 6.70. The minimum absolute atomic E-state index is 0.211. The number of esters is 1. The Bertz CT molecular complexity index is 822. The fraction of sp³-hybridized carbons (Fsp3) is 0.286. The summed E-state index contributed by atoms with van der Waals surface area (Å²) in [5, 5.41) is 5.04. The molecular formula is C21H26N4O4. The molecule has 0 radical (unpaired) electrons. The van der Waals surface area contributed by atoms with Crippen LogP contribution in [0.3, 0.4) is 0 Å². The van der Waals surface area contributed by atoms with Crippen molar-refractivity contribution in [2.75, 3.05) is 25.6 Å². The van der Waals surface area contributed by atoms with E-state index in [0.717, 1.165) is 16.8 Å². The highest BCUT2D eigenvalue weighted by atomic mass is 16.5. The van der Waals surface area contributed by atoms with Gasteiger partial charge in [-0.2, -0.15) is 0 Å². The summed E-state index contributed by atoms with van der Waals surface area (Å²) >= 11 is 0. The summed E-state index contributed by atoms with van der Waals surface area (Å²) in [5.74, 6) is -1.16. The number of primary amides is 1. The average Bonchev–Trinajstić information content (AvgIpc) is 2.70. The second-order valence-electron chi connectivity index (χ2n) is 6.70. The van der Waals surface area contributed by atoms with Gasteiger partial charge in [0.15, 0.2) is 6.61 Å². The monoisotopic (exact) mass is 398 g/mol. The van der Waals surface area contributed by atoms with E-state index >= 15 is 0 Å². The van der Waals surface area contributed by atoms with Gasteiger partial charge in [0, 0.05) is 32.7 Å². The highest BCUT2D eigenvalue weighted by molar-refractivity contribution is 5.85. The molecule has 2 aromatic carbocycles. The maximum absolute atomic E-state index is 12.3. The van der Waals surface area contributed by atoms with Crippen molar-refractivity contribution >= 4 is 23.6 Å². The molecule has 0 bridgehead atoms. The number of anilines is 1. The molecule has 0 heterocycles. The standard InChI is InChI=1S/C21H26N4O4/c1-25(2)17-10-8-16(9-11-17)13-23-19(26)14-29-20(27)18(24-21(22)28)12-15-6-4-3-5-7-15/h3-11,18H,12-14H2,1-2H3,(H,23,26)(H3,22,24,28)/t18-/m0/s1. The van der Waals surface area contributed by atoms with Crippen LogP contribution in [0.4, 0.5) is 10.5 Å². The van der Waals surface area contributed by atoms with Crippen LogP contribution in [0.2, 0.25) is 0 Å². The SMILES string of the molecule is CN(C)c1ccc(CNC(=O)COC(=O)[C@H](Cc2ccccc2)NC(N)=O)cc1. The first kappa shape index (κ1) is 21.7. The van der Waals surface area contributed by atoms with Crippen LogP contribution < -0.4 is 21.3 Å². The topological polar surface area (TPSA) is 114 Å². The summed E-state index contributed by atoms with van der Waals surface area (Å²) < 4.78 is 5.05. The third kappa shape index (κ3) is 7.53. The van der Waals surface area contributed by atoms with Gasteiger partial charge in [0.05, 0.1) is 0 Å². The number of carbonyl (C=O) groups is 3. The fourth-order valence-corrected chi connectivity index (χ4v) is 2.62. The van der Waals surface area contributed by atoms with Crippen molar-refractivity contribution in [3.63, 3.8) is 0 Å². The Morgan fingerprint density at radius 2 is 1.66 bits per heavy atom. The van der Waals surface area contributed by atoms with E-state index in [-0.39, 0.29) is 6.42 Å². The molecule has 3 amide bonds. The number of benzene rings is 2. The van der Waals surface area contributed by atoms with Crippen LogP contribution in [0.25, 0.3) is 0 Å². The van der Waals surface area contributed by atoms with Gasteiger partial charge in [-0.25, -0.2) is 9.59 Å². The first-order valence-electron chi connectivity index (χ1n) is 9.14. The van der Waals surface area contributed by atoms with Gasteiger partial charge in [-0.1, -0.05) is 42.5 Å². The summed E-state index contributed by atoms with van der Waals surface area (Å²) in [5.41, 5.74) is 7.95. The van der Waals surface area contributed by atoms with E-state index in [2.05, 4.69) is 10.6 Å². The van der Waals surface area contributed by atoms with Crippen LogP contribution in [-0.4, -0.2) is 44.7 Å². The number of hydrogen-bond donors (Lipinski definition) is 3. The number of carbonyl (C=O) groups excluding carboxylic acids is 3. The summed E-state index contributed by atoms with van der Waals surface area (Å²) in [4.78, 5) is 37.4. The Labute approximate surface area is 170 Å². The van der Waals surface area contributed by atoms with Crippen molar-refractivity contribution in [2.45, 2.75) is 19.0 Å². The third-order valence-corrected chi connectivity index (χ3v) is 4.17. The molecule has 0 spiro atoms. The molecule has 0 aliphatic heterocycles. The van der Waals surface area contributed by atoms with Crippen molar-refractivity contribution in [1.82, 2.24) is 10.6 Å². The zero-order valence-electron chi connectivity index (χ0n) is 16.6. The van der Waals surface area contributed by atoms with E-state index in [1.165, 1.54) is 0 Å². The molecule has 1 atom stereocenters. The summed E-state index contributed by atoms with van der Waals surface area (Å²) in [6.07, 6.45) is 0.211. The normalized spacial score (nSPS) is 11.2. The van der Waals surface area contributed by atoms with Crippen molar-refractivity contribution in [1.29, 1.82) is 0 Å². The fourth-order valence-electron chi connectivity index (χ4n) is 2.62. The molecule has 0 saturated carbocycles. The van der Waals surface area contributed by atoms with E-state index < -0.39 is 30.6 Å². The van der Waals surface area contributed by atoms with Crippen LogP contribution in [-0.2, 0) is 27.3 Å². The van der Waals surface area contributed by atoms with Gasteiger partial charge in [-0.05, 0) is 23.3 Å². The highest BCUT2D eigenvalue weighted by Crippen LogP contribution is 2.12. The van der Waals surface area contributed by atoms with Gasteiger partial charge in [0.1, 0.15) is 6.04 Å². The molecule has 8 nitrogen and oxygen atoms in total. The summed E-state index contributed by atoms with van der Waals surface area (Å²) in [7, 11) is 3.90. The molecule has 2 rings (SSSR count). The lowest BCUT2D eigenvalue weighted by atomic mass is 10.1. The number of nitrogens with two attached hydrogens (primary N) is 1. The first-order chi connectivity index (χ1) is 13.8. The van der Waals surface area contributed by atoms with Gasteiger partial charge >= 0.3 is 12.0 Å². The van der Waals surface area contributed by atoms with Crippen LogP contribution in [0, 0.1) is 0 Å². The van der Waals surface area contributed by atoms with Crippen molar-refractivity contribution < 1.29 is 19.1 Å². The van der Waals surface area contributed by atoms with Gasteiger partial charge in [-0.15, -0.1) is 0 Å². The number of urea groups is 1. The smallest absolute Gasteiger partial charge is 0.329 e. The number of amides is 3. The minimum atomic E-state index is -0.971. The molecule has 0 fully saturated rings. The lowest BCUT2D eigenvalue weighted by Gasteiger charge is -2.16. The predicted octanol–water partition coefficient (Wildman–Crippen LogP) is 1.19. The Balaban J connectivity index is 1.83. The lowest BCUT2D eigenvalue weighted by molar-refractivity contribution is -0.150. The van der Waals surface area contributed by atoms with Crippen molar-refractivity contribution in [2.24, 2.45) is 5.73 Å². The number of rotatable bonds is 9. The first-order valence-corrected chi connectivity index (χ1v) is 9.14. The second kappa shape index (κ2) is 10.7. The zero-order chi connectivity index (χ0) is 21.2. The number of ether oxygens (including phenoxy) is 1. The molecular weight excluding hydrogens is 372 g/mol. The molecule has 154 valence electrons. The molecule has 0 aliphatic rings. The molecule has 29 heavy (non-hydrogen) atoms. The van der Waals surface area contributed by atoms with E-state index in [9.17, 15) is 14.4 Å². The molecule has 2 aromatic rings. The molecule has 0 aromatic heterocycles. The zero-order valence-corrected chi connectivity index (χ0v) is 16.6. The van der Waals surface area contributed by atoms with Gasteiger partial charge in [0.2, 0.25) is 0 Å². The third-order valence-electron chi connectivity index (χ3n) is 4.17. The van der Waals surface area contributed by atoms with Crippen molar-refractivity contribution in [3.05, 3.63) is 65.7 Å². The quantitative estimate of drug-likeness (QED) is 0.549. The summed E-state index contributed by atoms with van der Waals surface area (Å²) in [6.45, 7) is -0.128. The van der Waals surface area contributed by atoms with Gasteiger partial charge in [0.25, 0.3) is 5.91 Å². The minimum Gasteiger partial charge on any atom is -0.454 e. The van der Waals surface area contributed by atoms with E-state index in [4.69, 9.17) is 10.5 Å². The van der Waals surface area contributed by atoms with Crippen LogP contribution in [0.15, 0.2) is 54.6 Å². The highest BCUT2D eigenvalue weighted by Gasteiger charge is 2.22. The van der Waals surface area contributed by atoms with Gasteiger partial charge < -0.3 is 26.0 Å². The Kier molecular flexibility index (Phi) is 8.02.